The summed E-state index contributed by atoms with van der Waals surface area (Å²) in [5.41, 5.74) is 0. The number of ether oxygens (including phenoxy) is 1. The van der Waals surface area contributed by atoms with Crippen LogP contribution in [0.4, 0.5) is 0 Å². The van der Waals surface area contributed by atoms with Gasteiger partial charge in [-0.2, -0.15) is 0 Å². The second-order valence-electron chi connectivity index (χ2n) is 4.86. The van der Waals surface area contributed by atoms with Gasteiger partial charge >= 0.3 is 0 Å². The van der Waals surface area contributed by atoms with Crippen LogP contribution in [0.5, 0.6) is 0 Å². The zero-order valence-electron chi connectivity index (χ0n) is 10.5. The van der Waals surface area contributed by atoms with Gasteiger partial charge in [0, 0.05) is 19.2 Å². The first kappa shape index (κ1) is 12.9. The second kappa shape index (κ2) is 7.20. The Kier molecular flexibility index (Phi) is 6.22. The molecule has 0 radical (unpaired) electrons. The lowest BCUT2D eigenvalue weighted by Crippen LogP contribution is -2.31. The maximum Gasteiger partial charge on any atom is 0.0507 e. The fraction of sp³-hybridized carbons (Fsp3) is 1.00. The molecule has 1 unspecified atom stereocenters. The molecule has 3 heteroatoms. The van der Waals surface area contributed by atoms with Crippen LogP contribution in [0.25, 0.3) is 0 Å². The summed E-state index contributed by atoms with van der Waals surface area (Å²) in [5, 5.41) is 3.51. The highest BCUT2D eigenvalue weighted by atomic mass is 16.5. The molecule has 1 rings (SSSR count). The Balaban J connectivity index is 1.88. The minimum atomic E-state index is 0.660. The van der Waals surface area contributed by atoms with Gasteiger partial charge in [-0.15, -0.1) is 0 Å². The fourth-order valence-corrected chi connectivity index (χ4v) is 1.76. The average Bonchev–Trinajstić information content (AvgIpc) is 2.69. The summed E-state index contributed by atoms with van der Waals surface area (Å²) in [6, 6.07) is 0.660. The van der Waals surface area contributed by atoms with Gasteiger partial charge in [0.2, 0.25) is 0 Å². The molecule has 1 saturated heterocycles. The molecule has 0 aliphatic carbocycles. The van der Waals surface area contributed by atoms with Crippen LogP contribution >= 0.6 is 0 Å². The van der Waals surface area contributed by atoms with E-state index in [1.54, 1.807) is 0 Å². The van der Waals surface area contributed by atoms with Crippen molar-refractivity contribution in [1.29, 1.82) is 0 Å². The lowest BCUT2D eigenvalue weighted by Gasteiger charge is -2.20. The minimum Gasteiger partial charge on any atom is -0.381 e. The van der Waals surface area contributed by atoms with E-state index in [2.05, 4.69) is 31.1 Å². The normalized spacial score (nSPS) is 21.8. The molecule has 1 aliphatic heterocycles. The third kappa shape index (κ3) is 5.50. The van der Waals surface area contributed by atoms with Crippen molar-refractivity contribution < 1.29 is 4.74 Å². The van der Waals surface area contributed by atoms with Crippen molar-refractivity contribution in [3.05, 3.63) is 0 Å². The lowest BCUT2D eigenvalue weighted by atomic mass is 10.1. The van der Waals surface area contributed by atoms with E-state index in [-0.39, 0.29) is 0 Å². The van der Waals surface area contributed by atoms with Crippen LogP contribution in [-0.2, 0) is 4.74 Å². The first-order chi connectivity index (χ1) is 7.20. The SMILES string of the molecule is CC(C)N(C)CCCNCC1CCOC1. The van der Waals surface area contributed by atoms with Crippen LogP contribution in [0.3, 0.4) is 0 Å². The molecular weight excluding hydrogens is 188 g/mol. The Hall–Kier alpha value is -0.120. The summed E-state index contributed by atoms with van der Waals surface area (Å²) in [6.45, 7) is 9.85. The van der Waals surface area contributed by atoms with Crippen LogP contribution in [0.1, 0.15) is 26.7 Å². The third-order valence-electron chi connectivity index (χ3n) is 3.20. The van der Waals surface area contributed by atoms with Crippen molar-refractivity contribution in [3.63, 3.8) is 0 Å². The van der Waals surface area contributed by atoms with Gasteiger partial charge in [0.05, 0.1) is 6.61 Å². The summed E-state index contributed by atoms with van der Waals surface area (Å²) in [6.07, 6.45) is 2.47. The molecule has 15 heavy (non-hydrogen) atoms. The van der Waals surface area contributed by atoms with Gasteiger partial charge < -0.3 is 15.0 Å². The van der Waals surface area contributed by atoms with E-state index in [4.69, 9.17) is 4.74 Å². The van der Waals surface area contributed by atoms with Crippen molar-refractivity contribution in [2.75, 3.05) is 39.9 Å². The second-order valence-corrected chi connectivity index (χ2v) is 4.86. The highest BCUT2D eigenvalue weighted by Crippen LogP contribution is 2.10. The summed E-state index contributed by atoms with van der Waals surface area (Å²) >= 11 is 0. The average molecular weight is 214 g/mol. The molecule has 90 valence electrons. The Morgan fingerprint density at radius 1 is 1.47 bits per heavy atom. The van der Waals surface area contributed by atoms with Gasteiger partial charge in [-0.1, -0.05) is 0 Å². The molecule has 1 fully saturated rings. The zero-order chi connectivity index (χ0) is 11.1. The van der Waals surface area contributed by atoms with Gasteiger partial charge in [-0.25, -0.2) is 0 Å². The van der Waals surface area contributed by atoms with E-state index in [0.29, 0.717) is 6.04 Å². The number of nitrogens with one attached hydrogen (secondary N) is 1. The molecule has 1 heterocycles. The molecule has 0 spiro atoms. The molecule has 0 amide bonds. The number of hydrogen-bond donors (Lipinski definition) is 1. The summed E-state index contributed by atoms with van der Waals surface area (Å²) < 4.78 is 5.34. The van der Waals surface area contributed by atoms with Gasteiger partial charge in [0.15, 0.2) is 0 Å². The van der Waals surface area contributed by atoms with Crippen LogP contribution in [0.15, 0.2) is 0 Å². The van der Waals surface area contributed by atoms with E-state index >= 15 is 0 Å². The van der Waals surface area contributed by atoms with E-state index < -0.39 is 0 Å². The van der Waals surface area contributed by atoms with Crippen LogP contribution in [0, 0.1) is 5.92 Å². The van der Waals surface area contributed by atoms with Gasteiger partial charge in [0.25, 0.3) is 0 Å². The maximum absolute atomic E-state index is 5.34. The largest absolute Gasteiger partial charge is 0.381 e. The van der Waals surface area contributed by atoms with Gasteiger partial charge in [-0.05, 0) is 52.7 Å². The monoisotopic (exact) mass is 214 g/mol. The van der Waals surface area contributed by atoms with Crippen LogP contribution in [-0.4, -0.2) is 50.8 Å². The molecule has 1 atom stereocenters. The predicted molar refractivity (Wildman–Crippen MR) is 64.2 cm³/mol. The number of rotatable bonds is 7. The lowest BCUT2D eigenvalue weighted by molar-refractivity contribution is 0.185. The molecule has 0 aromatic heterocycles. The minimum absolute atomic E-state index is 0.660. The van der Waals surface area contributed by atoms with Crippen molar-refractivity contribution in [3.8, 4) is 0 Å². The van der Waals surface area contributed by atoms with Crippen molar-refractivity contribution >= 4 is 0 Å². The molecule has 1 aliphatic rings. The number of hydrogen-bond acceptors (Lipinski definition) is 3. The van der Waals surface area contributed by atoms with E-state index in [1.807, 2.05) is 0 Å². The zero-order valence-corrected chi connectivity index (χ0v) is 10.5. The highest BCUT2D eigenvalue weighted by Gasteiger charge is 2.14. The number of nitrogens with zero attached hydrogens (tertiary/aromatic N) is 1. The standard InChI is InChI=1S/C12H26N2O/c1-11(2)14(3)7-4-6-13-9-12-5-8-15-10-12/h11-13H,4-10H2,1-3H3. The van der Waals surface area contributed by atoms with Crippen molar-refractivity contribution in [1.82, 2.24) is 10.2 Å². The molecule has 0 saturated carbocycles. The Morgan fingerprint density at radius 3 is 2.87 bits per heavy atom. The molecule has 1 N–H and O–H groups in total. The van der Waals surface area contributed by atoms with Crippen LogP contribution < -0.4 is 5.32 Å². The summed E-state index contributed by atoms with van der Waals surface area (Å²) in [4.78, 5) is 2.39. The molecule has 0 bridgehead atoms. The molecule has 3 nitrogen and oxygen atoms in total. The van der Waals surface area contributed by atoms with Crippen molar-refractivity contribution in [2.24, 2.45) is 5.92 Å². The molecule has 0 aromatic rings. The Labute approximate surface area is 94.2 Å². The molecule has 0 aromatic carbocycles. The summed E-state index contributed by atoms with van der Waals surface area (Å²) in [7, 11) is 2.19. The predicted octanol–water partition coefficient (Wildman–Crippen LogP) is 1.34. The Morgan fingerprint density at radius 2 is 2.27 bits per heavy atom. The van der Waals surface area contributed by atoms with Gasteiger partial charge in [-0.3, -0.25) is 0 Å². The van der Waals surface area contributed by atoms with E-state index in [1.165, 1.54) is 19.4 Å². The fourth-order valence-electron chi connectivity index (χ4n) is 1.76. The van der Waals surface area contributed by atoms with E-state index in [9.17, 15) is 0 Å². The van der Waals surface area contributed by atoms with E-state index in [0.717, 1.165) is 32.2 Å². The molecular formula is C12H26N2O. The third-order valence-corrected chi connectivity index (χ3v) is 3.20. The smallest absolute Gasteiger partial charge is 0.0507 e. The topological polar surface area (TPSA) is 24.5 Å². The van der Waals surface area contributed by atoms with Crippen LogP contribution in [0.2, 0.25) is 0 Å². The maximum atomic E-state index is 5.34. The Bertz CT molecular complexity index is 152. The quantitative estimate of drug-likeness (QED) is 0.647. The van der Waals surface area contributed by atoms with Crippen molar-refractivity contribution in [2.45, 2.75) is 32.7 Å². The highest BCUT2D eigenvalue weighted by molar-refractivity contribution is 4.67. The first-order valence-corrected chi connectivity index (χ1v) is 6.19. The first-order valence-electron chi connectivity index (χ1n) is 6.19. The van der Waals surface area contributed by atoms with Gasteiger partial charge in [0.1, 0.15) is 0 Å². The summed E-state index contributed by atoms with van der Waals surface area (Å²) in [5.74, 6) is 0.757.